The molecule has 20 heavy (non-hydrogen) atoms. The fourth-order valence-electron chi connectivity index (χ4n) is 1.81. The number of hydrogen-bond donors (Lipinski definition) is 1. The first-order valence-corrected chi connectivity index (χ1v) is 5.91. The number of nitro groups is 1. The number of rotatable bonds is 3. The second kappa shape index (κ2) is 5.36. The van der Waals surface area contributed by atoms with Crippen molar-refractivity contribution in [3.63, 3.8) is 0 Å². The molecule has 0 radical (unpaired) electrons. The molecular formula is C14H12N4O2. The third-order valence-corrected chi connectivity index (χ3v) is 2.83. The van der Waals surface area contributed by atoms with E-state index in [0.717, 1.165) is 17.1 Å². The molecule has 6 heteroatoms. The number of hydrogen-bond acceptors (Lipinski definition) is 5. The van der Waals surface area contributed by atoms with Gasteiger partial charge in [-0.25, -0.2) is 0 Å². The Labute approximate surface area is 115 Å². The zero-order valence-corrected chi connectivity index (χ0v) is 11.0. The van der Waals surface area contributed by atoms with Gasteiger partial charge in [-0.2, -0.15) is 5.26 Å². The molecule has 0 aliphatic heterocycles. The minimum atomic E-state index is -0.525. The molecule has 2 rings (SSSR count). The van der Waals surface area contributed by atoms with Gasteiger partial charge in [0.15, 0.2) is 0 Å². The zero-order valence-electron chi connectivity index (χ0n) is 11.0. The maximum atomic E-state index is 10.7. The number of benzene rings is 1. The Morgan fingerprint density at radius 2 is 1.95 bits per heavy atom. The Morgan fingerprint density at radius 3 is 2.55 bits per heavy atom. The monoisotopic (exact) mass is 268 g/mol. The highest BCUT2D eigenvalue weighted by Gasteiger charge is 2.11. The molecule has 0 atom stereocenters. The van der Waals surface area contributed by atoms with Gasteiger partial charge < -0.3 is 5.32 Å². The molecule has 100 valence electrons. The number of aryl methyl sites for hydroxylation is 2. The Kier molecular flexibility index (Phi) is 3.62. The van der Waals surface area contributed by atoms with Gasteiger partial charge in [-0.05, 0) is 32.0 Å². The van der Waals surface area contributed by atoms with Crippen molar-refractivity contribution in [1.29, 1.82) is 5.26 Å². The largest absolute Gasteiger partial charge is 0.353 e. The molecule has 0 bridgehead atoms. The van der Waals surface area contributed by atoms with Crippen LogP contribution in [-0.2, 0) is 0 Å². The Balaban J connectivity index is 2.39. The number of aromatic nitrogens is 1. The van der Waals surface area contributed by atoms with Crippen molar-refractivity contribution in [2.24, 2.45) is 0 Å². The maximum Gasteiger partial charge on any atom is 0.270 e. The lowest BCUT2D eigenvalue weighted by Crippen LogP contribution is -1.99. The van der Waals surface area contributed by atoms with E-state index in [4.69, 9.17) is 5.26 Å². The average molecular weight is 268 g/mol. The maximum absolute atomic E-state index is 10.7. The number of nitrogens with zero attached hydrogens (tertiary/aromatic N) is 3. The van der Waals surface area contributed by atoms with Crippen LogP contribution in [0.15, 0.2) is 30.3 Å². The lowest BCUT2D eigenvalue weighted by molar-refractivity contribution is -0.384. The van der Waals surface area contributed by atoms with Crippen LogP contribution in [0.4, 0.5) is 17.1 Å². The Bertz CT molecular complexity index is 720. The van der Waals surface area contributed by atoms with Crippen molar-refractivity contribution < 1.29 is 4.92 Å². The SMILES string of the molecule is Cc1ccc(Nc2ccc([N+](=O)[O-])cc2C#N)c(C)n1. The number of pyridine rings is 1. The van der Waals surface area contributed by atoms with Gasteiger partial charge in [-0.3, -0.25) is 15.1 Å². The molecule has 1 N–H and O–H groups in total. The average Bonchev–Trinajstić information content (AvgIpc) is 2.42. The van der Waals surface area contributed by atoms with Crippen LogP contribution in [0.5, 0.6) is 0 Å². The number of nitrogens with one attached hydrogen (secondary N) is 1. The smallest absolute Gasteiger partial charge is 0.270 e. The molecule has 1 heterocycles. The van der Waals surface area contributed by atoms with Gasteiger partial charge >= 0.3 is 0 Å². The van der Waals surface area contributed by atoms with Crippen LogP contribution < -0.4 is 5.32 Å². The molecule has 0 saturated carbocycles. The molecule has 1 aromatic heterocycles. The summed E-state index contributed by atoms with van der Waals surface area (Å²) in [4.78, 5) is 14.5. The number of non-ortho nitro benzene ring substituents is 1. The van der Waals surface area contributed by atoms with Crippen molar-refractivity contribution in [1.82, 2.24) is 4.98 Å². The van der Waals surface area contributed by atoms with E-state index in [9.17, 15) is 10.1 Å². The fraction of sp³-hybridized carbons (Fsp3) is 0.143. The molecule has 0 unspecified atom stereocenters. The molecular weight excluding hydrogens is 256 g/mol. The third kappa shape index (κ3) is 2.72. The molecule has 6 nitrogen and oxygen atoms in total. The van der Waals surface area contributed by atoms with Crippen LogP contribution in [0.25, 0.3) is 0 Å². The summed E-state index contributed by atoms with van der Waals surface area (Å²) < 4.78 is 0. The number of nitro benzene ring substituents is 1. The van der Waals surface area contributed by atoms with Crippen LogP contribution in [0.2, 0.25) is 0 Å². The van der Waals surface area contributed by atoms with Gasteiger partial charge in [0.25, 0.3) is 5.69 Å². The molecule has 0 fully saturated rings. The van der Waals surface area contributed by atoms with E-state index in [1.54, 1.807) is 0 Å². The van der Waals surface area contributed by atoms with Gasteiger partial charge in [0.2, 0.25) is 0 Å². The van der Waals surface area contributed by atoms with Gasteiger partial charge in [0, 0.05) is 17.8 Å². The number of anilines is 2. The van der Waals surface area contributed by atoms with Gasteiger partial charge in [-0.15, -0.1) is 0 Å². The summed E-state index contributed by atoms with van der Waals surface area (Å²) in [7, 11) is 0. The topological polar surface area (TPSA) is 91.9 Å². The van der Waals surface area contributed by atoms with Gasteiger partial charge in [0.1, 0.15) is 6.07 Å². The summed E-state index contributed by atoms with van der Waals surface area (Å²) in [5.41, 5.74) is 3.10. The summed E-state index contributed by atoms with van der Waals surface area (Å²) in [6.45, 7) is 3.75. The number of nitriles is 1. The van der Waals surface area contributed by atoms with Crippen LogP contribution in [-0.4, -0.2) is 9.91 Å². The quantitative estimate of drug-likeness (QED) is 0.681. The van der Waals surface area contributed by atoms with Gasteiger partial charge in [0.05, 0.1) is 27.6 Å². The first-order valence-electron chi connectivity index (χ1n) is 5.91. The van der Waals surface area contributed by atoms with Crippen LogP contribution in [0.3, 0.4) is 0 Å². The summed E-state index contributed by atoms with van der Waals surface area (Å²) >= 11 is 0. The predicted molar refractivity (Wildman–Crippen MR) is 74.8 cm³/mol. The second-order valence-corrected chi connectivity index (χ2v) is 4.31. The molecule has 1 aromatic carbocycles. The van der Waals surface area contributed by atoms with Crippen LogP contribution in [0, 0.1) is 35.3 Å². The van der Waals surface area contributed by atoms with E-state index in [2.05, 4.69) is 10.3 Å². The molecule has 2 aromatic rings. The van der Waals surface area contributed by atoms with Crippen LogP contribution in [0.1, 0.15) is 17.0 Å². The lowest BCUT2D eigenvalue weighted by atomic mass is 10.1. The Morgan fingerprint density at radius 1 is 1.25 bits per heavy atom. The van der Waals surface area contributed by atoms with E-state index in [0.29, 0.717) is 5.69 Å². The van der Waals surface area contributed by atoms with E-state index in [1.807, 2.05) is 32.0 Å². The first-order chi connectivity index (χ1) is 9.51. The molecule has 0 aliphatic carbocycles. The standard InChI is InChI=1S/C14H12N4O2/c1-9-3-5-13(10(2)16-9)17-14-6-4-12(18(19)20)7-11(14)8-15/h3-7,17H,1-2H3. The summed E-state index contributed by atoms with van der Waals surface area (Å²) in [6.07, 6.45) is 0. The van der Waals surface area contributed by atoms with E-state index in [1.165, 1.54) is 18.2 Å². The highest BCUT2D eigenvalue weighted by Crippen LogP contribution is 2.25. The van der Waals surface area contributed by atoms with E-state index in [-0.39, 0.29) is 11.3 Å². The second-order valence-electron chi connectivity index (χ2n) is 4.31. The van der Waals surface area contributed by atoms with E-state index < -0.39 is 4.92 Å². The minimum Gasteiger partial charge on any atom is -0.353 e. The van der Waals surface area contributed by atoms with E-state index >= 15 is 0 Å². The zero-order chi connectivity index (χ0) is 14.7. The normalized spacial score (nSPS) is 9.85. The van der Waals surface area contributed by atoms with Crippen LogP contribution >= 0.6 is 0 Å². The van der Waals surface area contributed by atoms with Crippen molar-refractivity contribution >= 4 is 17.1 Å². The fourth-order valence-corrected chi connectivity index (χ4v) is 1.81. The highest BCUT2D eigenvalue weighted by atomic mass is 16.6. The summed E-state index contributed by atoms with van der Waals surface area (Å²) in [5, 5.41) is 22.9. The van der Waals surface area contributed by atoms with Gasteiger partial charge in [-0.1, -0.05) is 0 Å². The predicted octanol–water partition coefficient (Wildman–Crippen LogP) is 3.22. The molecule has 0 spiro atoms. The minimum absolute atomic E-state index is 0.106. The molecule has 0 saturated heterocycles. The summed E-state index contributed by atoms with van der Waals surface area (Å²) in [6, 6.07) is 9.80. The summed E-state index contributed by atoms with van der Waals surface area (Å²) in [5.74, 6) is 0. The van der Waals surface area contributed by atoms with Crippen molar-refractivity contribution in [2.75, 3.05) is 5.32 Å². The van der Waals surface area contributed by atoms with Crippen molar-refractivity contribution in [2.45, 2.75) is 13.8 Å². The third-order valence-electron chi connectivity index (χ3n) is 2.83. The highest BCUT2D eigenvalue weighted by molar-refractivity contribution is 5.69. The van der Waals surface area contributed by atoms with Crippen molar-refractivity contribution in [3.05, 3.63) is 57.4 Å². The molecule has 0 aliphatic rings. The van der Waals surface area contributed by atoms with Crippen molar-refractivity contribution in [3.8, 4) is 6.07 Å². The first kappa shape index (κ1) is 13.5. The molecule has 0 amide bonds. The Hall–Kier alpha value is -2.94. The lowest BCUT2D eigenvalue weighted by Gasteiger charge is -2.10.